The number of methoxy groups -OCH3 is 3. The van der Waals surface area contributed by atoms with Crippen molar-refractivity contribution < 1.29 is 23.8 Å². The predicted molar refractivity (Wildman–Crippen MR) is 87.8 cm³/mol. The lowest BCUT2D eigenvalue weighted by atomic mass is 10.1. The van der Waals surface area contributed by atoms with Crippen LogP contribution in [0.2, 0.25) is 0 Å². The van der Waals surface area contributed by atoms with Gasteiger partial charge in [-0.25, -0.2) is 0 Å². The second-order valence-corrected chi connectivity index (χ2v) is 5.57. The van der Waals surface area contributed by atoms with E-state index in [4.69, 9.17) is 19.9 Å². The first kappa shape index (κ1) is 17.2. The zero-order valence-corrected chi connectivity index (χ0v) is 13.9. The first-order valence-electron chi connectivity index (χ1n) is 6.81. The number of hydrogen-bond donors (Lipinski definition) is 1. The number of benzene rings is 1. The summed E-state index contributed by atoms with van der Waals surface area (Å²) in [6, 6.07) is 3.41. The Hall–Kier alpha value is -2.19. The minimum atomic E-state index is -0.348. The van der Waals surface area contributed by atoms with Crippen LogP contribution in [-0.4, -0.2) is 50.5 Å². The van der Waals surface area contributed by atoms with E-state index in [-0.39, 0.29) is 24.2 Å². The molecule has 23 heavy (non-hydrogen) atoms. The predicted octanol–water partition coefficient (Wildman–Crippen LogP) is 1.71. The molecule has 7 nitrogen and oxygen atoms in total. The third-order valence-corrected chi connectivity index (χ3v) is 4.12. The molecular weight excluding hydrogens is 320 g/mol. The molecule has 1 aliphatic heterocycles. The van der Waals surface area contributed by atoms with E-state index in [0.717, 1.165) is 16.7 Å². The van der Waals surface area contributed by atoms with Gasteiger partial charge < -0.3 is 19.9 Å². The largest absolute Gasteiger partial charge is 0.493 e. The van der Waals surface area contributed by atoms with Crippen LogP contribution >= 0.6 is 11.8 Å². The molecule has 1 aromatic rings. The van der Waals surface area contributed by atoms with Gasteiger partial charge in [0.05, 0.1) is 26.2 Å². The van der Waals surface area contributed by atoms with Crippen molar-refractivity contribution >= 4 is 29.0 Å². The molecule has 1 saturated heterocycles. The minimum Gasteiger partial charge on any atom is -0.493 e. The van der Waals surface area contributed by atoms with E-state index in [1.54, 1.807) is 18.2 Å². The molecule has 0 bridgehead atoms. The van der Waals surface area contributed by atoms with E-state index in [9.17, 15) is 9.59 Å². The molecule has 0 radical (unpaired) electrons. The summed E-state index contributed by atoms with van der Waals surface area (Å²) in [7, 11) is 4.53. The van der Waals surface area contributed by atoms with Gasteiger partial charge in [0.2, 0.25) is 5.75 Å². The average molecular weight is 338 g/mol. The summed E-state index contributed by atoms with van der Waals surface area (Å²) in [5, 5.41) is -0.320. The van der Waals surface area contributed by atoms with Gasteiger partial charge in [-0.3, -0.25) is 14.5 Å². The molecular formula is C15H18N2O5S. The Balaban J connectivity index is 2.40. The number of ether oxygens (including phenoxy) is 3. The molecule has 1 aliphatic rings. The standard InChI is InChI=1S/C15H18N2O5S/c1-20-10-6-9(7-11(21-2)13(10)22-3)8-12-14(18)17(5-4-16)15(19)23-12/h6-8H,4-5,16H2,1-3H3/b12-8-. The van der Waals surface area contributed by atoms with E-state index in [2.05, 4.69) is 0 Å². The highest BCUT2D eigenvalue weighted by Gasteiger charge is 2.34. The summed E-state index contributed by atoms with van der Waals surface area (Å²) in [6.45, 7) is 0.437. The van der Waals surface area contributed by atoms with Gasteiger partial charge >= 0.3 is 0 Å². The van der Waals surface area contributed by atoms with Crippen molar-refractivity contribution in [2.24, 2.45) is 5.73 Å². The molecule has 1 aromatic carbocycles. The summed E-state index contributed by atoms with van der Waals surface area (Å²) in [5.74, 6) is 1.06. The average Bonchev–Trinajstić information content (AvgIpc) is 2.81. The summed E-state index contributed by atoms with van der Waals surface area (Å²) >= 11 is 0.884. The maximum absolute atomic E-state index is 12.2. The summed E-state index contributed by atoms with van der Waals surface area (Å²) in [6.07, 6.45) is 1.62. The van der Waals surface area contributed by atoms with Crippen molar-refractivity contribution in [3.05, 3.63) is 22.6 Å². The number of nitrogens with zero attached hydrogens (tertiary/aromatic N) is 1. The van der Waals surface area contributed by atoms with Gasteiger partial charge in [-0.15, -0.1) is 0 Å². The molecule has 0 spiro atoms. The third kappa shape index (κ3) is 3.43. The lowest BCUT2D eigenvalue weighted by Gasteiger charge is -2.13. The monoisotopic (exact) mass is 338 g/mol. The number of carbonyl (C=O) groups excluding carboxylic acids is 2. The van der Waals surface area contributed by atoms with E-state index in [1.807, 2.05) is 0 Å². The van der Waals surface area contributed by atoms with Gasteiger partial charge in [0.25, 0.3) is 11.1 Å². The molecule has 124 valence electrons. The van der Waals surface area contributed by atoms with Gasteiger partial charge in [0.1, 0.15) is 0 Å². The highest BCUT2D eigenvalue weighted by Crippen LogP contribution is 2.40. The third-order valence-electron chi connectivity index (χ3n) is 3.21. The number of rotatable bonds is 6. The lowest BCUT2D eigenvalue weighted by Crippen LogP contribution is -2.33. The van der Waals surface area contributed by atoms with Gasteiger partial charge in [-0.05, 0) is 35.5 Å². The SMILES string of the molecule is COc1cc(/C=C2\SC(=O)N(CCN)C2=O)cc(OC)c1OC. The molecule has 0 atom stereocenters. The van der Waals surface area contributed by atoms with Crippen LogP contribution in [-0.2, 0) is 4.79 Å². The molecule has 2 N–H and O–H groups in total. The summed E-state index contributed by atoms with van der Waals surface area (Å²) < 4.78 is 15.8. The maximum atomic E-state index is 12.2. The number of nitrogens with two attached hydrogens (primary N) is 1. The minimum absolute atomic E-state index is 0.206. The quantitative estimate of drug-likeness (QED) is 0.789. The van der Waals surface area contributed by atoms with Crippen LogP contribution in [0.5, 0.6) is 17.2 Å². The first-order chi connectivity index (χ1) is 11.0. The van der Waals surface area contributed by atoms with Crippen LogP contribution in [0.1, 0.15) is 5.56 Å². The number of thioether (sulfide) groups is 1. The van der Waals surface area contributed by atoms with E-state index in [0.29, 0.717) is 27.7 Å². The Morgan fingerprint density at radius 2 is 1.74 bits per heavy atom. The van der Waals surface area contributed by atoms with Crippen molar-refractivity contribution in [3.63, 3.8) is 0 Å². The fourth-order valence-electron chi connectivity index (χ4n) is 2.16. The highest BCUT2D eigenvalue weighted by atomic mass is 32.2. The zero-order valence-electron chi connectivity index (χ0n) is 13.1. The van der Waals surface area contributed by atoms with Crippen LogP contribution < -0.4 is 19.9 Å². The van der Waals surface area contributed by atoms with Crippen LogP contribution in [0.15, 0.2) is 17.0 Å². The second-order valence-electron chi connectivity index (χ2n) is 4.58. The summed E-state index contributed by atoms with van der Waals surface area (Å²) in [4.78, 5) is 25.5. The van der Waals surface area contributed by atoms with E-state index >= 15 is 0 Å². The van der Waals surface area contributed by atoms with Crippen molar-refractivity contribution in [3.8, 4) is 17.2 Å². The Morgan fingerprint density at radius 3 is 2.22 bits per heavy atom. The van der Waals surface area contributed by atoms with Crippen molar-refractivity contribution in [1.29, 1.82) is 0 Å². The Morgan fingerprint density at radius 1 is 1.13 bits per heavy atom. The number of amides is 2. The van der Waals surface area contributed by atoms with Crippen LogP contribution in [0, 0.1) is 0 Å². The van der Waals surface area contributed by atoms with Crippen molar-refractivity contribution in [2.45, 2.75) is 0 Å². The molecule has 0 aromatic heterocycles. The molecule has 0 unspecified atom stereocenters. The smallest absolute Gasteiger partial charge is 0.293 e. The molecule has 2 amide bonds. The molecule has 1 heterocycles. The second kappa shape index (κ2) is 7.38. The molecule has 0 aliphatic carbocycles. The first-order valence-corrected chi connectivity index (χ1v) is 7.62. The van der Waals surface area contributed by atoms with Crippen molar-refractivity contribution in [1.82, 2.24) is 4.90 Å². The molecule has 1 fully saturated rings. The highest BCUT2D eigenvalue weighted by molar-refractivity contribution is 8.18. The van der Waals surface area contributed by atoms with Gasteiger partial charge in [0.15, 0.2) is 11.5 Å². The zero-order chi connectivity index (χ0) is 17.0. The number of hydrogen-bond acceptors (Lipinski definition) is 7. The Bertz CT molecular complexity index is 634. The fourth-order valence-corrected chi connectivity index (χ4v) is 3.02. The van der Waals surface area contributed by atoms with Crippen molar-refractivity contribution in [2.75, 3.05) is 34.4 Å². The van der Waals surface area contributed by atoms with Crippen LogP contribution in [0.25, 0.3) is 6.08 Å². The van der Waals surface area contributed by atoms with Crippen LogP contribution in [0.3, 0.4) is 0 Å². The van der Waals surface area contributed by atoms with Gasteiger partial charge in [-0.1, -0.05) is 0 Å². The topological polar surface area (TPSA) is 91.1 Å². The van der Waals surface area contributed by atoms with Gasteiger partial charge in [-0.2, -0.15) is 0 Å². The molecule has 8 heteroatoms. The van der Waals surface area contributed by atoms with E-state index in [1.165, 1.54) is 21.3 Å². The number of imide groups is 1. The normalized spacial score (nSPS) is 16.2. The lowest BCUT2D eigenvalue weighted by molar-refractivity contribution is -0.122. The maximum Gasteiger partial charge on any atom is 0.293 e. The Kier molecular flexibility index (Phi) is 5.51. The van der Waals surface area contributed by atoms with E-state index < -0.39 is 0 Å². The molecule has 2 rings (SSSR count). The number of carbonyl (C=O) groups is 2. The molecule has 0 saturated carbocycles. The van der Waals surface area contributed by atoms with Crippen LogP contribution in [0.4, 0.5) is 4.79 Å². The Labute approximate surface area is 138 Å². The van der Waals surface area contributed by atoms with Gasteiger partial charge in [0, 0.05) is 13.1 Å². The fraction of sp³-hybridized carbons (Fsp3) is 0.333. The summed E-state index contributed by atoms with van der Waals surface area (Å²) in [5.41, 5.74) is 6.08.